The predicted octanol–water partition coefficient (Wildman–Crippen LogP) is -0.385. The Balaban J connectivity index is 3.41. The van der Waals surface area contributed by atoms with Crippen LogP contribution in [0.4, 0.5) is 0 Å². The molecule has 0 radical (unpaired) electrons. The molecular weight excluding hydrogens is 132 g/mol. The minimum absolute atomic E-state index is 0.132. The number of hydrogen-bond donors (Lipinski definition) is 0. The number of methoxy groups -OCH3 is 1. The minimum atomic E-state index is 0.132. The Bertz CT molecular complexity index is 130. The van der Waals surface area contributed by atoms with E-state index >= 15 is 0 Å². The lowest BCUT2D eigenvalue weighted by atomic mass is 10.5. The Hall–Kier alpha value is -1.08. The van der Waals surface area contributed by atoms with E-state index in [2.05, 4.69) is 0 Å². The molecule has 0 aromatic rings. The number of nitriles is 1. The van der Waals surface area contributed by atoms with E-state index < -0.39 is 0 Å². The third kappa shape index (κ3) is 3.87. The number of hydrogen-bond acceptors (Lipinski definition) is 3. The molecule has 0 unspecified atom stereocenters. The van der Waals surface area contributed by atoms with E-state index in [0.717, 1.165) is 0 Å². The van der Waals surface area contributed by atoms with Gasteiger partial charge in [0.1, 0.15) is 6.54 Å². The van der Waals surface area contributed by atoms with E-state index in [1.807, 2.05) is 6.07 Å². The van der Waals surface area contributed by atoms with Gasteiger partial charge in [0.15, 0.2) is 0 Å². The predicted molar refractivity (Wildman–Crippen MR) is 35.1 cm³/mol. The molecule has 56 valence electrons. The summed E-state index contributed by atoms with van der Waals surface area (Å²) in [6.07, 6.45) is 0.641. The van der Waals surface area contributed by atoms with Crippen LogP contribution in [0, 0.1) is 11.3 Å². The van der Waals surface area contributed by atoms with Gasteiger partial charge in [-0.05, 0) is 0 Å². The van der Waals surface area contributed by atoms with Crippen molar-refractivity contribution in [1.82, 2.24) is 4.90 Å². The van der Waals surface area contributed by atoms with Crippen LogP contribution in [0.15, 0.2) is 0 Å². The highest BCUT2D eigenvalue weighted by molar-refractivity contribution is 5.47. The first-order chi connectivity index (χ1) is 4.85. The van der Waals surface area contributed by atoms with Crippen molar-refractivity contribution in [1.29, 1.82) is 5.26 Å². The monoisotopic (exact) mass is 142 g/mol. The summed E-state index contributed by atoms with van der Waals surface area (Å²) in [7, 11) is 1.55. The quantitative estimate of drug-likeness (QED) is 0.388. The zero-order chi connectivity index (χ0) is 7.82. The molecule has 4 nitrogen and oxygen atoms in total. The van der Waals surface area contributed by atoms with Gasteiger partial charge in [0.25, 0.3) is 0 Å². The van der Waals surface area contributed by atoms with E-state index in [9.17, 15) is 4.79 Å². The van der Waals surface area contributed by atoms with Gasteiger partial charge in [-0.1, -0.05) is 0 Å². The molecular formula is C6H10N2O2. The van der Waals surface area contributed by atoms with Crippen LogP contribution in [0.5, 0.6) is 0 Å². The molecule has 4 heteroatoms. The van der Waals surface area contributed by atoms with Crippen LogP contribution >= 0.6 is 0 Å². The third-order valence-corrected chi connectivity index (χ3v) is 1.01. The van der Waals surface area contributed by atoms with Crippen LogP contribution in [0.3, 0.4) is 0 Å². The molecule has 0 aromatic heterocycles. The maximum atomic E-state index is 10.1. The van der Waals surface area contributed by atoms with E-state index in [0.29, 0.717) is 19.6 Å². The summed E-state index contributed by atoms with van der Waals surface area (Å²) in [6, 6.07) is 1.87. The second-order valence-electron chi connectivity index (χ2n) is 1.73. The van der Waals surface area contributed by atoms with Gasteiger partial charge in [-0.2, -0.15) is 5.26 Å². The average Bonchev–Trinajstić information content (AvgIpc) is 1.98. The maximum absolute atomic E-state index is 10.1. The van der Waals surface area contributed by atoms with Gasteiger partial charge in [-0.3, -0.25) is 4.79 Å². The first-order valence-electron chi connectivity index (χ1n) is 2.90. The van der Waals surface area contributed by atoms with Crippen molar-refractivity contribution in [3.63, 3.8) is 0 Å². The lowest BCUT2D eigenvalue weighted by Gasteiger charge is -2.10. The Kier molecular flexibility index (Phi) is 5.39. The number of nitrogens with zero attached hydrogens (tertiary/aromatic N) is 2. The SMILES string of the molecule is COCCN(C=O)CC#N. The standard InChI is InChI=1S/C6H10N2O2/c1-10-5-4-8(6-9)3-2-7/h6H,3-5H2,1H3. The van der Waals surface area contributed by atoms with Gasteiger partial charge < -0.3 is 9.64 Å². The highest BCUT2D eigenvalue weighted by Crippen LogP contribution is 1.80. The average molecular weight is 142 g/mol. The fourth-order valence-corrected chi connectivity index (χ4v) is 0.468. The van der Waals surface area contributed by atoms with Crippen molar-refractivity contribution < 1.29 is 9.53 Å². The summed E-state index contributed by atoms with van der Waals surface area (Å²) >= 11 is 0. The Labute approximate surface area is 60.0 Å². The molecule has 0 saturated heterocycles. The zero-order valence-corrected chi connectivity index (χ0v) is 5.91. The smallest absolute Gasteiger partial charge is 0.210 e. The summed E-state index contributed by atoms with van der Waals surface area (Å²) in [5.74, 6) is 0. The van der Waals surface area contributed by atoms with Crippen molar-refractivity contribution in [2.75, 3.05) is 26.8 Å². The fraction of sp³-hybridized carbons (Fsp3) is 0.667. The van der Waals surface area contributed by atoms with Crippen molar-refractivity contribution in [3.8, 4) is 6.07 Å². The topological polar surface area (TPSA) is 53.3 Å². The number of carbonyl (C=O) groups excluding carboxylic acids is 1. The molecule has 1 amide bonds. The molecule has 0 N–H and O–H groups in total. The number of carbonyl (C=O) groups is 1. The summed E-state index contributed by atoms with van der Waals surface area (Å²) in [5, 5.41) is 8.18. The van der Waals surface area contributed by atoms with Crippen LogP contribution in [0.1, 0.15) is 0 Å². The molecule has 0 atom stereocenters. The Morgan fingerprint density at radius 3 is 2.90 bits per heavy atom. The highest BCUT2D eigenvalue weighted by Gasteiger charge is 1.97. The van der Waals surface area contributed by atoms with E-state index in [1.54, 1.807) is 7.11 Å². The molecule has 10 heavy (non-hydrogen) atoms. The second-order valence-corrected chi connectivity index (χ2v) is 1.73. The molecule has 0 rings (SSSR count). The van der Waals surface area contributed by atoms with Crippen molar-refractivity contribution in [3.05, 3.63) is 0 Å². The normalized spacial score (nSPS) is 8.40. The van der Waals surface area contributed by atoms with Crippen LogP contribution in [0.2, 0.25) is 0 Å². The molecule has 0 aliphatic heterocycles. The van der Waals surface area contributed by atoms with Crippen molar-refractivity contribution >= 4 is 6.41 Å². The summed E-state index contributed by atoms with van der Waals surface area (Å²) < 4.78 is 4.71. The Morgan fingerprint density at radius 1 is 1.80 bits per heavy atom. The molecule has 0 aliphatic carbocycles. The third-order valence-electron chi connectivity index (χ3n) is 1.01. The minimum Gasteiger partial charge on any atom is -0.383 e. The van der Waals surface area contributed by atoms with Crippen LogP contribution in [-0.2, 0) is 9.53 Å². The van der Waals surface area contributed by atoms with Gasteiger partial charge in [0.05, 0.1) is 12.7 Å². The molecule has 0 aliphatic rings. The molecule has 0 aromatic carbocycles. The van der Waals surface area contributed by atoms with Crippen LogP contribution in [0.25, 0.3) is 0 Å². The largest absolute Gasteiger partial charge is 0.383 e. The first-order valence-corrected chi connectivity index (χ1v) is 2.90. The van der Waals surface area contributed by atoms with Crippen LogP contribution < -0.4 is 0 Å². The van der Waals surface area contributed by atoms with Gasteiger partial charge in [-0.25, -0.2) is 0 Å². The van der Waals surface area contributed by atoms with Gasteiger partial charge >= 0.3 is 0 Å². The molecule has 0 bridgehead atoms. The number of ether oxygens (including phenoxy) is 1. The molecule has 0 heterocycles. The van der Waals surface area contributed by atoms with Crippen molar-refractivity contribution in [2.45, 2.75) is 0 Å². The van der Waals surface area contributed by atoms with Gasteiger partial charge in [-0.15, -0.1) is 0 Å². The Morgan fingerprint density at radius 2 is 2.50 bits per heavy atom. The van der Waals surface area contributed by atoms with Crippen molar-refractivity contribution in [2.24, 2.45) is 0 Å². The second kappa shape index (κ2) is 6.05. The lowest BCUT2D eigenvalue weighted by molar-refractivity contribution is -0.118. The number of rotatable bonds is 5. The van der Waals surface area contributed by atoms with Gasteiger partial charge in [0.2, 0.25) is 6.41 Å². The van der Waals surface area contributed by atoms with Crippen LogP contribution in [-0.4, -0.2) is 38.1 Å². The molecule has 0 fully saturated rings. The summed E-state index contributed by atoms with van der Waals surface area (Å²) in [5.41, 5.74) is 0. The lowest BCUT2D eigenvalue weighted by Crippen LogP contribution is -2.26. The summed E-state index contributed by atoms with van der Waals surface area (Å²) in [4.78, 5) is 11.5. The van der Waals surface area contributed by atoms with E-state index in [-0.39, 0.29) is 6.54 Å². The first kappa shape index (κ1) is 8.92. The summed E-state index contributed by atoms with van der Waals surface area (Å²) in [6.45, 7) is 1.08. The van der Waals surface area contributed by atoms with E-state index in [4.69, 9.17) is 10.00 Å². The molecule has 0 saturated carbocycles. The van der Waals surface area contributed by atoms with Gasteiger partial charge in [0, 0.05) is 13.7 Å². The zero-order valence-electron chi connectivity index (χ0n) is 5.91. The highest BCUT2D eigenvalue weighted by atomic mass is 16.5. The maximum Gasteiger partial charge on any atom is 0.210 e. The van der Waals surface area contributed by atoms with E-state index in [1.165, 1.54) is 4.90 Å². The number of amides is 1. The molecule has 0 spiro atoms. The fourth-order valence-electron chi connectivity index (χ4n) is 0.468.